The highest BCUT2D eigenvalue weighted by atomic mass is 16.5. The highest BCUT2D eigenvalue weighted by Gasteiger charge is 2.13. The predicted octanol–water partition coefficient (Wildman–Crippen LogP) is 3.03. The lowest BCUT2D eigenvalue weighted by Gasteiger charge is -2.18. The number of carboxylic acids is 1. The van der Waals surface area contributed by atoms with Crippen LogP contribution >= 0.6 is 0 Å². The maximum atomic E-state index is 12.3. The molecule has 0 bridgehead atoms. The van der Waals surface area contributed by atoms with Gasteiger partial charge in [0.05, 0.1) is 12.7 Å². The summed E-state index contributed by atoms with van der Waals surface area (Å²) in [5.74, 6) is -0.151. The molecule has 0 aromatic heterocycles. The number of aromatic carboxylic acids is 1. The Morgan fingerprint density at radius 2 is 1.64 bits per heavy atom. The summed E-state index contributed by atoms with van der Waals surface area (Å²) >= 11 is 0. The third kappa shape index (κ3) is 5.08. The summed E-state index contributed by atoms with van der Waals surface area (Å²) in [7, 11) is 3.40. The zero-order valence-corrected chi connectivity index (χ0v) is 14.6. The maximum Gasteiger partial charge on any atom is 0.335 e. The van der Waals surface area contributed by atoms with Gasteiger partial charge in [-0.25, -0.2) is 4.79 Å². The lowest BCUT2D eigenvalue weighted by atomic mass is 10.0. The smallest absolute Gasteiger partial charge is 0.335 e. The number of aryl methyl sites for hydroxylation is 1. The number of ether oxygens (including phenoxy) is 1. The lowest BCUT2D eigenvalue weighted by molar-refractivity contribution is -0.129. The number of hydrogen-bond donors (Lipinski definition) is 1. The number of nitrogens with zero attached hydrogens (tertiary/aromatic N) is 1. The molecule has 25 heavy (non-hydrogen) atoms. The van der Waals surface area contributed by atoms with E-state index in [4.69, 9.17) is 4.74 Å². The van der Waals surface area contributed by atoms with Crippen LogP contribution < -0.4 is 4.74 Å². The minimum Gasteiger partial charge on any atom is -0.496 e. The molecule has 0 spiro atoms. The molecule has 1 N–H and O–H groups in total. The number of amides is 1. The molecule has 2 aromatic carbocycles. The van der Waals surface area contributed by atoms with Crippen LogP contribution in [-0.4, -0.2) is 42.6 Å². The summed E-state index contributed by atoms with van der Waals surface area (Å²) < 4.78 is 5.32. The van der Waals surface area contributed by atoms with Gasteiger partial charge in [-0.15, -0.1) is 0 Å². The molecular weight excluding hydrogens is 318 g/mol. The van der Waals surface area contributed by atoms with E-state index >= 15 is 0 Å². The summed E-state index contributed by atoms with van der Waals surface area (Å²) in [5, 5.41) is 9.19. The Morgan fingerprint density at radius 3 is 2.32 bits per heavy atom. The summed E-state index contributed by atoms with van der Waals surface area (Å²) in [4.78, 5) is 25.2. The second kappa shape index (κ2) is 8.87. The summed E-state index contributed by atoms with van der Waals surface area (Å²) in [6, 6.07) is 14.5. The molecule has 0 saturated heterocycles. The Morgan fingerprint density at radius 1 is 1.00 bits per heavy atom. The molecule has 0 saturated carbocycles. The van der Waals surface area contributed by atoms with Gasteiger partial charge < -0.3 is 14.7 Å². The van der Waals surface area contributed by atoms with E-state index in [0.29, 0.717) is 24.9 Å². The number of carbonyl (C=O) groups is 2. The van der Waals surface area contributed by atoms with E-state index in [-0.39, 0.29) is 17.9 Å². The number of carboxylic acid groups (broad SMARTS) is 1. The fourth-order valence-corrected chi connectivity index (χ4v) is 2.70. The molecule has 0 unspecified atom stereocenters. The third-order valence-electron chi connectivity index (χ3n) is 4.19. The zero-order chi connectivity index (χ0) is 18.2. The first kappa shape index (κ1) is 18.5. The Hall–Kier alpha value is -2.82. The normalized spacial score (nSPS) is 10.3. The maximum absolute atomic E-state index is 12.3. The largest absolute Gasteiger partial charge is 0.496 e. The van der Waals surface area contributed by atoms with Gasteiger partial charge in [-0.3, -0.25) is 4.79 Å². The van der Waals surface area contributed by atoms with Gasteiger partial charge in [0.1, 0.15) is 5.75 Å². The summed E-state index contributed by atoms with van der Waals surface area (Å²) in [5.41, 5.74) is 1.99. The zero-order valence-electron chi connectivity index (χ0n) is 14.6. The van der Waals surface area contributed by atoms with Crippen molar-refractivity contribution >= 4 is 11.9 Å². The van der Waals surface area contributed by atoms with Gasteiger partial charge in [-0.2, -0.15) is 0 Å². The van der Waals surface area contributed by atoms with Gasteiger partial charge in [0, 0.05) is 20.0 Å². The molecule has 2 aromatic rings. The van der Waals surface area contributed by atoms with Gasteiger partial charge in [-0.1, -0.05) is 36.4 Å². The fraction of sp³-hybridized carbons (Fsp3) is 0.300. The molecule has 0 fully saturated rings. The van der Waals surface area contributed by atoms with Crippen LogP contribution in [0.1, 0.15) is 27.9 Å². The Labute approximate surface area is 147 Å². The number of hydrogen-bond acceptors (Lipinski definition) is 3. The van der Waals surface area contributed by atoms with Gasteiger partial charge in [-0.05, 0) is 36.1 Å². The molecule has 0 aliphatic heterocycles. The molecule has 5 nitrogen and oxygen atoms in total. The lowest BCUT2D eigenvalue weighted by Crippen LogP contribution is -2.29. The third-order valence-corrected chi connectivity index (χ3v) is 4.19. The van der Waals surface area contributed by atoms with Crippen LogP contribution in [0, 0.1) is 0 Å². The highest BCUT2D eigenvalue weighted by Crippen LogP contribution is 2.18. The molecule has 0 aliphatic carbocycles. The Bertz CT molecular complexity index is 742. The van der Waals surface area contributed by atoms with E-state index in [1.165, 1.54) is 0 Å². The van der Waals surface area contributed by atoms with Crippen molar-refractivity contribution in [2.75, 3.05) is 20.7 Å². The Balaban J connectivity index is 1.90. The average Bonchev–Trinajstić information content (AvgIpc) is 2.64. The van der Waals surface area contributed by atoms with Gasteiger partial charge in [0.15, 0.2) is 0 Å². The van der Waals surface area contributed by atoms with E-state index in [2.05, 4.69) is 0 Å². The van der Waals surface area contributed by atoms with Crippen LogP contribution in [0.25, 0.3) is 0 Å². The van der Waals surface area contributed by atoms with Crippen LogP contribution in [0.4, 0.5) is 0 Å². The fourth-order valence-electron chi connectivity index (χ4n) is 2.70. The van der Waals surface area contributed by atoms with Crippen molar-refractivity contribution in [3.05, 3.63) is 65.2 Å². The van der Waals surface area contributed by atoms with Crippen molar-refractivity contribution in [1.82, 2.24) is 4.90 Å². The van der Waals surface area contributed by atoms with Gasteiger partial charge >= 0.3 is 5.97 Å². The SMILES string of the molecule is COc1ccccc1CCN(C)C(=O)CCc1ccccc1C(=O)O. The first-order valence-electron chi connectivity index (χ1n) is 8.20. The standard InChI is InChI=1S/C20H23NO4/c1-21(14-13-16-8-4-6-10-18(16)25-2)19(22)12-11-15-7-3-5-9-17(15)20(23)24/h3-10H,11-14H2,1-2H3,(H,23,24). The molecule has 1 amide bonds. The van der Waals surface area contributed by atoms with Crippen molar-refractivity contribution in [3.63, 3.8) is 0 Å². The number of methoxy groups -OCH3 is 1. The average molecular weight is 341 g/mol. The van der Waals surface area contributed by atoms with Crippen LogP contribution in [0.2, 0.25) is 0 Å². The second-order valence-electron chi connectivity index (χ2n) is 5.84. The first-order chi connectivity index (χ1) is 12.0. The number of para-hydroxylation sites is 1. The summed E-state index contributed by atoms with van der Waals surface area (Å²) in [6.07, 6.45) is 1.41. The van der Waals surface area contributed by atoms with Gasteiger partial charge in [0.25, 0.3) is 0 Å². The molecule has 2 rings (SSSR count). The minimum absolute atomic E-state index is 0.00455. The van der Waals surface area contributed by atoms with Crippen LogP contribution in [-0.2, 0) is 17.6 Å². The van der Waals surface area contributed by atoms with Crippen molar-refractivity contribution < 1.29 is 19.4 Å². The first-order valence-corrected chi connectivity index (χ1v) is 8.20. The second-order valence-corrected chi connectivity index (χ2v) is 5.84. The van der Waals surface area contributed by atoms with Crippen LogP contribution in [0.5, 0.6) is 5.75 Å². The van der Waals surface area contributed by atoms with Crippen molar-refractivity contribution in [2.45, 2.75) is 19.3 Å². The molecule has 0 heterocycles. The number of likely N-dealkylation sites (N-methyl/N-ethyl adjacent to an activating group) is 1. The van der Waals surface area contributed by atoms with Crippen molar-refractivity contribution in [1.29, 1.82) is 0 Å². The Kier molecular flexibility index (Phi) is 6.57. The highest BCUT2D eigenvalue weighted by molar-refractivity contribution is 5.89. The minimum atomic E-state index is -0.965. The van der Waals surface area contributed by atoms with E-state index in [1.807, 2.05) is 24.3 Å². The van der Waals surface area contributed by atoms with Gasteiger partial charge in [0.2, 0.25) is 5.91 Å². The quantitative estimate of drug-likeness (QED) is 0.801. The number of carbonyl (C=O) groups excluding carboxylic acids is 1. The molecule has 0 radical (unpaired) electrons. The van der Waals surface area contributed by atoms with Crippen LogP contribution in [0.3, 0.4) is 0 Å². The summed E-state index contributed by atoms with van der Waals surface area (Å²) in [6.45, 7) is 0.583. The monoisotopic (exact) mass is 341 g/mol. The molecule has 132 valence electrons. The number of rotatable bonds is 8. The van der Waals surface area contributed by atoms with Crippen molar-refractivity contribution in [2.24, 2.45) is 0 Å². The molecule has 0 atom stereocenters. The van der Waals surface area contributed by atoms with E-state index in [1.54, 1.807) is 43.3 Å². The van der Waals surface area contributed by atoms with Crippen LogP contribution in [0.15, 0.2) is 48.5 Å². The van der Waals surface area contributed by atoms with E-state index < -0.39 is 5.97 Å². The van der Waals surface area contributed by atoms with Crippen molar-refractivity contribution in [3.8, 4) is 5.75 Å². The predicted molar refractivity (Wildman–Crippen MR) is 96.1 cm³/mol. The molecular formula is C20H23NO4. The topological polar surface area (TPSA) is 66.8 Å². The molecule has 0 aliphatic rings. The van der Waals surface area contributed by atoms with E-state index in [0.717, 1.165) is 11.3 Å². The number of benzene rings is 2. The van der Waals surface area contributed by atoms with E-state index in [9.17, 15) is 14.7 Å². The molecule has 5 heteroatoms.